The summed E-state index contributed by atoms with van der Waals surface area (Å²) in [6.07, 6.45) is 2.72. The first-order chi connectivity index (χ1) is 15.2. The number of allylic oxidation sites excluding steroid dienone is 1. The number of phenolic OH excluding ortho intramolecular Hbond substituents is 1. The standard InChI is InChI=1S/C24H30BrNO6/c1-3-13(8-14-9-16(25)5-7-19(14)29)4-6-20(30)21-15(11-27)10-17-22(18(21)12-28)24(32)26(2)23(17)31/h5,7-9,17-18,20,22,27-30H,3-4,6,10-12H2,1-2H3/b13-8+/t17-,18+,20-,22-/m1/s1. The van der Waals surface area contributed by atoms with E-state index in [2.05, 4.69) is 15.9 Å². The van der Waals surface area contributed by atoms with E-state index in [0.717, 1.165) is 21.4 Å². The molecule has 0 saturated carbocycles. The van der Waals surface area contributed by atoms with Gasteiger partial charge in [0.15, 0.2) is 0 Å². The first-order valence-electron chi connectivity index (χ1n) is 10.8. The molecule has 1 aliphatic carbocycles. The molecule has 1 aliphatic heterocycles. The van der Waals surface area contributed by atoms with Gasteiger partial charge in [-0.1, -0.05) is 34.5 Å². The van der Waals surface area contributed by atoms with Gasteiger partial charge in [0.25, 0.3) is 0 Å². The topological polar surface area (TPSA) is 118 Å². The third kappa shape index (κ3) is 4.69. The van der Waals surface area contributed by atoms with Crippen LogP contribution in [-0.4, -0.2) is 63.5 Å². The number of likely N-dealkylation sites (tertiary alicyclic amines) is 1. The number of benzene rings is 1. The minimum Gasteiger partial charge on any atom is -0.507 e. The Kier molecular flexibility index (Phi) is 7.92. The monoisotopic (exact) mass is 507 g/mol. The third-order valence-corrected chi connectivity index (χ3v) is 7.19. The van der Waals surface area contributed by atoms with Crippen LogP contribution < -0.4 is 0 Å². The van der Waals surface area contributed by atoms with Crippen LogP contribution in [0.15, 0.2) is 39.4 Å². The lowest BCUT2D eigenvalue weighted by molar-refractivity contribution is -0.138. The van der Waals surface area contributed by atoms with E-state index in [0.29, 0.717) is 29.6 Å². The maximum Gasteiger partial charge on any atom is 0.233 e. The fourth-order valence-corrected chi connectivity index (χ4v) is 5.33. The summed E-state index contributed by atoms with van der Waals surface area (Å²) in [6.45, 7) is 1.28. The van der Waals surface area contributed by atoms with Crippen molar-refractivity contribution in [1.82, 2.24) is 4.90 Å². The molecule has 4 atom stereocenters. The number of amides is 2. The summed E-state index contributed by atoms with van der Waals surface area (Å²) < 4.78 is 0.845. The van der Waals surface area contributed by atoms with Gasteiger partial charge >= 0.3 is 0 Å². The Morgan fingerprint density at radius 3 is 2.62 bits per heavy atom. The molecule has 1 heterocycles. The maximum atomic E-state index is 12.6. The number of hydrogen-bond donors (Lipinski definition) is 4. The van der Waals surface area contributed by atoms with Gasteiger partial charge < -0.3 is 20.4 Å². The van der Waals surface area contributed by atoms with Crippen molar-refractivity contribution in [1.29, 1.82) is 0 Å². The largest absolute Gasteiger partial charge is 0.507 e. The van der Waals surface area contributed by atoms with E-state index in [-0.39, 0.29) is 37.2 Å². The quantitative estimate of drug-likeness (QED) is 0.317. The molecule has 4 N–H and O–H groups in total. The van der Waals surface area contributed by atoms with E-state index in [4.69, 9.17) is 0 Å². The summed E-state index contributed by atoms with van der Waals surface area (Å²) in [6, 6.07) is 5.18. The molecule has 7 nitrogen and oxygen atoms in total. The predicted octanol–water partition coefficient (Wildman–Crippen LogP) is 2.62. The van der Waals surface area contributed by atoms with E-state index < -0.39 is 23.9 Å². The molecule has 0 unspecified atom stereocenters. The lowest BCUT2D eigenvalue weighted by Gasteiger charge is -2.36. The number of aliphatic hydroxyl groups is 3. The normalized spacial score (nSPS) is 24.9. The van der Waals surface area contributed by atoms with Gasteiger partial charge in [-0.15, -0.1) is 0 Å². The molecule has 1 aromatic carbocycles. The van der Waals surface area contributed by atoms with Gasteiger partial charge in [0, 0.05) is 23.0 Å². The minimum atomic E-state index is -0.963. The molecule has 0 bridgehead atoms. The summed E-state index contributed by atoms with van der Waals surface area (Å²) in [5, 5.41) is 41.2. The number of nitrogens with zero attached hydrogens (tertiary/aromatic N) is 1. The van der Waals surface area contributed by atoms with E-state index in [9.17, 15) is 30.0 Å². The van der Waals surface area contributed by atoms with E-state index >= 15 is 0 Å². The van der Waals surface area contributed by atoms with E-state index in [1.807, 2.05) is 19.1 Å². The van der Waals surface area contributed by atoms with Gasteiger partial charge in [0.1, 0.15) is 5.75 Å². The molecule has 1 aromatic rings. The van der Waals surface area contributed by atoms with Crippen LogP contribution in [0.4, 0.5) is 0 Å². The van der Waals surface area contributed by atoms with E-state index in [1.54, 1.807) is 12.1 Å². The zero-order chi connectivity index (χ0) is 23.6. The van der Waals surface area contributed by atoms with Gasteiger partial charge in [-0.05, 0) is 55.0 Å². The Balaban J connectivity index is 1.83. The molecule has 1 saturated heterocycles. The first kappa shape index (κ1) is 24.6. The number of phenols is 1. The number of carbonyl (C=O) groups is 2. The van der Waals surface area contributed by atoms with Crippen LogP contribution in [0.2, 0.25) is 0 Å². The van der Waals surface area contributed by atoms with Gasteiger partial charge in [-0.3, -0.25) is 14.5 Å². The highest BCUT2D eigenvalue weighted by Gasteiger charge is 2.53. The lowest BCUT2D eigenvalue weighted by atomic mass is 9.68. The number of aliphatic hydroxyl groups excluding tert-OH is 3. The highest BCUT2D eigenvalue weighted by atomic mass is 79.9. The summed E-state index contributed by atoms with van der Waals surface area (Å²) in [7, 11) is 1.43. The van der Waals surface area contributed by atoms with Crippen molar-refractivity contribution in [3.05, 3.63) is 45.0 Å². The minimum absolute atomic E-state index is 0.164. The predicted molar refractivity (Wildman–Crippen MR) is 123 cm³/mol. The number of carbonyl (C=O) groups excluding carboxylic acids is 2. The average Bonchev–Trinajstić information content (AvgIpc) is 3.00. The van der Waals surface area contributed by atoms with Crippen LogP contribution in [-0.2, 0) is 9.59 Å². The summed E-state index contributed by atoms with van der Waals surface area (Å²) >= 11 is 3.40. The number of halogens is 1. The number of hydrogen-bond acceptors (Lipinski definition) is 6. The van der Waals surface area contributed by atoms with Gasteiger partial charge in [0.05, 0.1) is 31.2 Å². The average molecular weight is 508 g/mol. The van der Waals surface area contributed by atoms with Crippen LogP contribution in [0, 0.1) is 17.8 Å². The lowest BCUT2D eigenvalue weighted by Crippen LogP contribution is -2.39. The molecule has 3 rings (SSSR count). The molecular weight excluding hydrogens is 478 g/mol. The SMILES string of the molecule is CC/C(=C\c1cc(Br)ccc1O)CC[C@@H](O)C1=C(CO)C[C@H]2C(=O)N(C)C(=O)[C@H]2[C@H]1CO. The first-order valence-corrected chi connectivity index (χ1v) is 11.6. The maximum absolute atomic E-state index is 12.6. The van der Waals surface area contributed by atoms with Crippen LogP contribution >= 0.6 is 15.9 Å². The Morgan fingerprint density at radius 1 is 1.28 bits per heavy atom. The van der Waals surface area contributed by atoms with Gasteiger partial charge in [-0.25, -0.2) is 0 Å². The Labute approximate surface area is 196 Å². The second kappa shape index (κ2) is 10.3. The fourth-order valence-electron chi connectivity index (χ4n) is 4.95. The second-order valence-corrected chi connectivity index (χ2v) is 9.41. The second-order valence-electron chi connectivity index (χ2n) is 8.49. The summed E-state index contributed by atoms with van der Waals surface area (Å²) in [5.41, 5.74) is 2.70. The van der Waals surface area contributed by atoms with Crippen LogP contribution in [0.5, 0.6) is 5.75 Å². The summed E-state index contributed by atoms with van der Waals surface area (Å²) in [4.78, 5) is 26.2. The smallest absolute Gasteiger partial charge is 0.233 e. The van der Waals surface area contributed by atoms with E-state index in [1.165, 1.54) is 7.05 Å². The third-order valence-electron chi connectivity index (χ3n) is 6.69. The van der Waals surface area contributed by atoms with Crippen LogP contribution in [0.1, 0.15) is 38.2 Å². The zero-order valence-electron chi connectivity index (χ0n) is 18.3. The fraction of sp³-hybridized carbons (Fsp3) is 0.500. The summed E-state index contributed by atoms with van der Waals surface area (Å²) in [5.74, 6) is -2.50. The van der Waals surface area contributed by atoms with Crippen molar-refractivity contribution < 1.29 is 30.0 Å². The van der Waals surface area contributed by atoms with Crippen molar-refractivity contribution in [2.24, 2.45) is 17.8 Å². The molecular formula is C24H30BrNO6. The molecule has 8 heteroatoms. The van der Waals surface area contributed by atoms with Gasteiger partial charge in [0.2, 0.25) is 11.8 Å². The van der Waals surface area contributed by atoms with Gasteiger partial charge in [-0.2, -0.15) is 0 Å². The molecule has 2 aliphatic rings. The number of aromatic hydroxyl groups is 1. The number of rotatable bonds is 8. The van der Waals surface area contributed by atoms with Crippen molar-refractivity contribution in [2.45, 2.75) is 38.7 Å². The van der Waals surface area contributed by atoms with Crippen molar-refractivity contribution >= 4 is 33.8 Å². The molecule has 0 spiro atoms. The Hall–Kier alpha value is -2.00. The molecule has 174 valence electrons. The molecule has 0 aromatic heterocycles. The van der Waals surface area contributed by atoms with Crippen molar-refractivity contribution in [3.63, 3.8) is 0 Å². The number of fused-ring (bicyclic) bond motifs is 1. The van der Waals surface area contributed by atoms with Crippen LogP contribution in [0.3, 0.4) is 0 Å². The highest BCUT2D eigenvalue weighted by Crippen LogP contribution is 2.45. The molecule has 2 amide bonds. The molecule has 0 radical (unpaired) electrons. The van der Waals surface area contributed by atoms with Crippen molar-refractivity contribution in [2.75, 3.05) is 20.3 Å². The van der Waals surface area contributed by atoms with Crippen molar-refractivity contribution in [3.8, 4) is 5.75 Å². The number of imide groups is 1. The highest BCUT2D eigenvalue weighted by molar-refractivity contribution is 9.10. The molecule has 1 fully saturated rings. The Morgan fingerprint density at radius 2 is 2.00 bits per heavy atom. The zero-order valence-corrected chi connectivity index (χ0v) is 19.9. The Bertz CT molecular complexity index is 956. The van der Waals surface area contributed by atoms with Crippen LogP contribution in [0.25, 0.3) is 6.08 Å². The molecule has 32 heavy (non-hydrogen) atoms.